The Hall–Kier alpha value is -4.93. The molecule has 1 aliphatic heterocycles. The van der Waals surface area contributed by atoms with Crippen molar-refractivity contribution in [1.82, 2.24) is 25.2 Å². The number of hydrogen-bond acceptors (Lipinski definition) is 8. The van der Waals surface area contributed by atoms with Crippen molar-refractivity contribution < 1.29 is 23.9 Å². The highest BCUT2D eigenvalue weighted by Gasteiger charge is 2.41. The van der Waals surface area contributed by atoms with Gasteiger partial charge in [0, 0.05) is 51.5 Å². The lowest BCUT2D eigenvalue weighted by Gasteiger charge is -2.41. The van der Waals surface area contributed by atoms with Gasteiger partial charge in [-0.05, 0) is 18.6 Å². The van der Waals surface area contributed by atoms with Crippen LogP contribution >= 0.6 is 0 Å². The zero-order valence-corrected chi connectivity index (χ0v) is 23.7. The van der Waals surface area contributed by atoms with E-state index in [2.05, 4.69) is 15.6 Å². The number of nitrogens with one attached hydrogen (secondary N) is 3. The summed E-state index contributed by atoms with van der Waals surface area (Å²) in [4.78, 5) is 51.7. The summed E-state index contributed by atoms with van der Waals surface area (Å²) < 4.78 is 10.9. The molecule has 1 saturated heterocycles. The third-order valence-electron chi connectivity index (χ3n) is 7.24. The number of H-pyrrole nitrogens is 1. The summed E-state index contributed by atoms with van der Waals surface area (Å²) in [6.07, 6.45) is 0.133. The molecule has 218 valence electrons. The topological polar surface area (TPSA) is 139 Å². The number of carbonyl (C=O) groups is 3. The highest BCUT2D eigenvalue weighted by molar-refractivity contribution is 6.00. The van der Waals surface area contributed by atoms with E-state index in [0.29, 0.717) is 67.4 Å². The molecule has 0 saturated carbocycles. The number of fused-ring (bicyclic) bond motifs is 1. The van der Waals surface area contributed by atoms with Gasteiger partial charge in [-0.1, -0.05) is 60.7 Å². The van der Waals surface area contributed by atoms with Crippen molar-refractivity contribution in [2.24, 2.45) is 0 Å². The van der Waals surface area contributed by atoms with Gasteiger partial charge in [-0.2, -0.15) is 0 Å². The number of aromatic nitrogens is 3. The van der Waals surface area contributed by atoms with Crippen LogP contribution in [0.2, 0.25) is 0 Å². The van der Waals surface area contributed by atoms with Crippen LogP contribution < -0.4 is 10.6 Å². The predicted octanol–water partition coefficient (Wildman–Crippen LogP) is 4.48. The molecule has 0 aliphatic carbocycles. The maximum Gasteiger partial charge on any atom is 0.509 e. The third-order valence-corrected chi connectivity index (χ3v) is 7.24. The molecule has 4 aromatic rings. The first-order valence-corrected chi connectivity index (χ1v) is 14.0. The SMILES string of the molecule is CCOC(=O)OC1(c2ccccc2)CCN(C(=O)c2cc3c(NCCNC(C)=O)nc(-c4ccccc4)nc3[nH]2)CC1. The molecule has 2 aromatic carbocycles. The average molecular weight is 571 g/mol. The standard InChI is InChI=1S/C31H34N6O5/c1-3-41-30(40)42-31(23-12-8-5-9-13-23)14-18-37(19-15-31)29(39)25-20-24-27(33-17-16-32-21(2)38)35-26(36-28(24)34-25)22-10-6-4-7-11-22/h4-13,20H,3,14-19H2,1-2H3,(H,32,38)(H2,33,34,35,36). The average Bonchev–Trinajstić information content (AvgIpc) is 3.45. The molecule has 0 spiro atoms. The molecule has 1 fully saturated rings. The predicted molar refractivity (Wildman–Crippen MR) is 158 cm³/mol. The molecule has 2 aromatic heterocycles. The Morgan fingerprint density at radius 1 is 0.976 bits per heavy atom. The van der Waals surface area contributed by atoms with Crippen LogP contribution in [0.3, 0.4) is 0 Å². The van der Waals surface area contributed by atoms with Gasteiger partial charge >= 0.3 is 6.16 Å². The van der Waals surface area contributed by atoms with Crippen LogP contribution in [-0.4, -0.2) is 70.6 Å². The maximum absolute atomic E-state index is 13.7. The fraction of sp³-hybridized carbons (Fsp3) is 0.323. The Morgan fingerprint density at radius 2 is 1.67 bits per heavy atom. The van der Waals surface area contributed by atoms with E-state index in [9.17, 15) is 14.4 Å². The number of aromatic amines is 1. The lowest BCUT2D eigenvalue weighted by atomic mass is 9.84. The Balaban J connectivity index is 1.38. The molecule has 0 bridgehead atoms. The number of carbonyl (C=O) groups excluding carboxylic acids is 3. The summed E-state index contributed by atoms with van der Waals surface area (Å²) in [5.41, 5.74) is 1.73. The van der Waals surface area contributed by atoms with Gasteiger partial charge in [0.15, 0.2) is 5.82 Å². The molecule has 42 heavy (non-hydrogen) atoms. The Kier molecular flexibility index (Phi) is 8.66. The van der Waals surface area contributed by atoms with Gasteiger partial charge in [-0.25, -0.2) is 14.8 Å². The van der Waals surface area contributed by atoms with Crippen LogP contribution in [-0.2, 0) is 19.9 Å². The number of benzene rings is 2. The van der Waals surface area contributed by atoms with Crippen molar-refractivity contribution in [2.45, 2.75) is 32.3 Å². The Morgan fingerprint density at radius 3 is 2.33 bits per heavy atom. The molecule has 11 heteroatoms. The largest absolute Gasteiger partial charge is 0.509 e. The van der Waals surface area contributed by atoms with Crippen molar-refractivity contribution in [3.8, 4) is 11.4 Å². The van der Waals surface area contributed by atoms with Crippen LogP contribution in [0.4, 0.5) is 10.6 Å². The summed E-state index contributed by atoms with van der Waals surface area (Å²) in [6.45, 7) is 5.04. The van der Waals surface area contributed by atoms with Crippen LogP contribution in [0.15, 0.2) is 66.7 Å². The second-order valence-electron chi connectivity index (χ2n) is 10.1. The minimum atomic E-state index is -0.883. The Labute approximate surface area is 243 Å². The first kappa shape index (κ1) is 28.6. The van der Waals surface area contributed by atoms with E-state index in [1.165, 1.54) is 6.92 Å². The lowest BCUT2D eigenvalue weighted by molar-refractivity contribution is -0.118. The van der Waals surface area contributed by atoms with Crippen LogP contribution in [0.25, 0.3) is 22.4 Å². The fourth-order valence-electron chi connectivity index (χ4n) is 5.13. The second kappa shape index (κ2) is 12.7. The molecule has 2 amide bonds. The zero-order valence-electron chi connectivity index (χ0n) is 23.7. The number of amides is 2. The molecule has 0 atom stereocenters. The molecule has 0 radical (unpaired) electrons. The van der Waals surface area contributed by atoms with Gasteiger partial charge in [-0.3, -0.25) is 9.59 Å². The second-order valence-corrected chi connectivity index (χ2v) is 10.1. The number of nitrogens with zero attached hydrogens (tertiary/aromatic N) is 3. The van der Waals surface area contributed by atoms with E-state index in [-0.39, 0.29) is 18.4 Å². The molecule has 0 unspecified atom stereocenters. The first-order valence-electron chi connectivity index (χ1n) is 14.0. The van der Waals surface area contributed by atoms with Crippen molar-refractivity contribution in [2.75, 3.05) is 38.1 Å². The highest BCUT2D eigenvalue weighted by atomic mass is 16.7. The van der Waals surface area contributed by atoms with E-state index >= 15 is 0 Å². The van der Waals surface area contributed by atoms with E-state index < -0.39 is 11.8 Å². The quantitative estimate of drug-likeness (QED) is 0.198. The molecule has 3 N–H and O–H groups in total. The summed E-state index contributed by atoms with van der Waals surface area (Å²) in [5, 5.41) is 6.70. The third kappa shape index (κ3) is 6.35. The van der Waals surface area contributed by atoms with Gasteiger partial charge in [-0.15, -0.1) is 0 Å². The van der Waals surface area contributed by atoms with Crippen LogP contribution in [0.5, 0.6) is 0 Å². The summed E-state index contributed by atoms with van der Waals surface area (Å²) in [7, 11) is 0. The fourth-order valence-corrected chi connectivity index (χ4v) is 5.13. The number of ether oxygens (including phenoxy) is 2. The molecule has 5 rings (SSSR count). The van der Waals surface area contributed by atoms with E-state index in [0.717, 1.165) is 11.1 Å². The normalized spacial score (nSPS) is 14.3. The van der Waals surface area contributed by atoms with Crippen molar-refractivity contribution in [1.29, 1.82) is 0 Å². The van der Waals surface area contributed by atoms with Gasteiger partial charge in [0.05, 0.1) is 12.0 Å². The summed E-state index contributed by atoms with van der Waals surface area (Å²) in [6, 6.07) is 20.9. The number of rotatable bonds is 9. The van der Waals surface area contributed by atoms with E-state index in [1.807, 2.05) is 60.7 Å². The van der Waals surface area contributed by atoms with E-state index in [1.54, 1.807) is 17.9 Å². The molecular formula is C31H34N6O5. The number of piperidine rings is 1. The van der Waals surface area contributed by atoms with Crippen molar-refractivity contribution >= 4 is 34.8 Å². The zero-order chi connectivity index (χ0) is 29.5. The van der Waals surface area contributed by atoms with Gasteiger partial charge in [0.25, 0.3) is 5.91 Å². The number of hydrogen-bond donors (Lipinski definition) is 3. The maximum atomic E-state index is 13.7. The molecule has 3 heterocycles. The monoisotopic (exact) mass is 570 g/mol. The number of likely N-dealkylation sites (tertiary alicyclic amines) is 1. The highest BCUT2D eigenvalue weighted by Crippen LogP contribution is 2.38. The lowest BCUT2D eigenvalue weighted by Crippen LogP contribution is -2.47. The molecular weight excluding hydrogens is 536 g/mol. The smallest absolute Gasteiger partial charge is 0.435 e. The summed E-state index contributed by atoms with van der Waals surface area (Å²) >= 11 is 0. The molecule has 11 nitrogen and oxygen atoms in total. The molecule has 1 aliphatic rings. The van der Waals surface area contributed by atoms with Gasteiger partial charge < -0.3 is 30.0 Å². The number of anilines is 1. The minimum absolute atomic E-state index is 0.116. The Bertz CT molecular complexity index is 1550. The van der Waals surface area contributed by atoms with E-state index in [4.69, 9.17) is 19.4 Å². The van der Waals surface area contributed by atoms with Crippen molar-refractivity contribution in [3.05, 3.63) is 78.0 Å². The first-order chi connectivity index (χ1) is 20.4. The minimum Gasteiger partial charge on any atom is -0.435 e. The van der Waals surface area contributed by atoms with Crippen LogP contribution in [0, 0.1) is 0 Å². The van der Waals surface area contributed by atoms with Crippen LogP contribution in [0.1, 0.15) is 42.7 Å². The van der Waals surface area contributed by atoms with Gasteiger partial charge in [0.2, 0.25) is 5.91 Å². The van der Waals surface area contributed by atoms with Gasteiger partial charge in [0.1, 0.15) is 22.8 Å². The summed E-state index contributed by atoms with van der Waals surface area (Å²) in [5.74, 6) is 0.766. The van der Waals surface area contributed by atoms with Crippen molar-refractivity contribution in [3.63, 3.8) is 0 Å².